The van der Waals surface area contributed by atoms with Gasteiger partial charge in [0.2, 0.25) is 0 Å². The van der Waals surface area contributed by atoms with Crippen LogP contribution in [0.5, 0.6) is 0 Å². The van der Waals surface area contributed by atoms with Crippen LogP contribution in [0, 0.1) is 30.1 Å². The lowest BCUT2D eigenvalue weighted by Crippen LogP contribution is -2.22. The van der Waals surface area contributed by atoms with Crippen molar-refractivity contribution in [2.75, 3.05) is 13.2 Å². The molecule has 4 heterocycles. The predicted molar refractivity (Wildman–Crippen MR) is 203 cm³/mol. The predicted octanol–water partition coefficient (Wildman–Crippen LogP) is 5.39. The molecular formula is C30H44I2N10O4Si2. The Labute approximate surface area is 311 Å². The second-order valence-corrected chi connectivity index (χ2v) is 26.5. The van der Waals surface area contributed by atoms with Crippen molar-refractivity contribution < 1.29 is 19.4 Å². The lowest BCUT2D eigenvalue weighted by Gasteiger charge is -2.15. The summed E-state index contributed by atoms with van der Waals surface area (Å²) in [5.74, 6) is 0. The molecule has 0 saturated carbocycles. The number of carbonyl (C=O) groups excluding carboxylic acids is 1. The highest BCUT2D eigenvalue weighted by molar-refractivity contribution is 14.1. The maximum absolute atomic E-state index is 10.5. The van der Waals surface area contributed by atoms with Crippen LogP contribution < -0.4 is 0 Å². The van der Waals surface area contributed by atoms with Gasteiger partial charge in [0.25, 0.3) is 0 Å². The topological polar surface area (TPSA) is 175 Å². The van der Waals surface area contributed by atoms with Crippen LogP contribution in [0.2, 0.25) is 51.4 Å². The van der Waals surface area contributed by atoms with Crippen molar-refractivity contribution in [3.8, 4) is 12.1 Å². The molecule has 260 valence electrons. The first-order valence-electron chi connectivity index (χ1n) is 15.0. The summed E-state index contributed by atoms with van der Waals surface area (Å²) in [6, 6.07) is 9.62. The standard InChI is InChI=1S/C15H22IN5O2Si.C10H17N3OSi.C5H5IN2O/c1-20-9-12(15(16)19-20)14(22)13-7-11(8-17)21(18-13)10-23-5-6-24(2,3)4;1-15(2,3)7-6-14-9-13-10(8-11)4-5-12-13;1-8-2-4(3-9)5(6)7-8/h7,9,14,22H,5-6,10H2,1-4H3;4-5H,6-7,9H2,1-3H3;2-3H,1H3. The third-order valence-electron chi connectivity index (χ3n) is 6.49. The second-order valence-electron chi connectivity index (χ2n) is 13.2. The minimum absolute atomic E-state index is 0.213. The summed E-state index contributed by atoms with van der Waals surface area (Å²) in [6.07, 6.45) is 4.94. The first kappa shape index (κ1) is 41.4. The van der Waals surface area contributed by atoms with Crippen LogP contribution in [-0.4, -0.2) is 79.9 Å². The molecule has 4 aromatic heterocycles. The molecule has 1 unspecified atom stereocenters. The van der Waals surface area contributed by atoms with E-state index in [4.69, 9.17) is 14.7 Å². The van der Waals surface area contributed by atoms with Crippen molar-refractivity contribution in [3.05, 3.63) is 66.3 Å². The molecule has 0 radical (unpaired) electrons. The van der Waals surface area contributed by atoms with Gasteiger partial charge in [0, 0.05) is 67.5 Å². The van der Waals surface area contributed by atoms with Gasteiger partial charge in [0.15, 0.2) is 6.29 Å². The third kappa shape index (κ3) is 14.4. The second kappa shape index (κ2) is 19.5. The molecule has 0 fully saturated rings. The Bertz CT molecular complexity index is 1690. The molecule has 0 bridgehead atoms. The number of aliphatic hydroxyl groups excluding tert-OH is 1. The fourth-order valence-corrected chi connectivity index (χ4v) is 6.62. The Morgan fingerprint density at radius 1 is 0.875 bits per heavy atom. The number of aliphatic hydroxyl groups is 1. The molecule has 18 heteroatoms. The van der Waals surface area contributed by atoms with Gasteiger partial charge in [-0.05, 0) is 63.3 Å². The van der Waals surface area contributed by atoms with E-state index in [1.807, 2.05) is 22.6 Å². The van der Waals surface area contributed by atoms with Crippen LogP contribution >= 0.6 is 45.2 Å². The van der Waals surface area contributed by atoms with E-state index in [0.29, 0.717) is 45.2 Å². The number of hydrogen-bond acceptors (Lipinski definition) is 10. The highest BCUT2D eigenvalue weighted by Crippen LogP contribution is 2.25. The highest BCUT2D eigenvalue weighted by atomic mass is 127. The van der Waals surface area contributed by atoms with E-state index in [1.54, 1.807) is 58.9 Å². The molecule has 14 nitrogen and oxygen atoms in total. The summed E-state index contributed by atoms with van der Waals surface area (Å²) in [7, 11) is 1.41. The van der Waals surface area contributed by atoms with Gasteiger partial charge in [0.1, 0.15) is 50.5 Å². The van der Waals surface area contributed by atoms with Crippen molar-refractivity contribution in [3.63, 3.8) is 0 Å². The summed E-state index contributed by atoms with van der Waals surface area (Å²) in [5.41, 5.74) is 2.66. The zero-order chi connectivity index (χ0) is 36.1. The number of nitriles is 2. The number of nitrogens with zero attached hydrogens (tertiary/aromatic N) is 10. The Balaban J connectivity index is 0.000000282. The Hall–Kier alpha value is -2.74. The quantitative estimate of drug-likeness (QED) is 0.0793. The number of aryl methyl sites for hydroxylation is 2. The molecule has 0 spiro atoms. The average Bonchev–Trinajstić information content (AvgIpc) is 3.78. The van der Waals surface area contributed by atoms with Crippen molar-refractivity contribution in [1.82, 2.24) is 39.1 Å². The van der Waals surface area contributed by atoms with Crippen LogP contribution in [0.15, 0.2) is 30.7 Å². The summed E-state index contributed by atoms with van der Waals surface area (Å²) >= 11 is 4.09. The Morgan fingerprint density at radius 3 is 1.85 bits per heavy atom. The summed E-state index contributed by atoms with van der Waals surface area (Å²) < 4.78 is 18.9. The van der Waals surface area contributed by atoms with Gasteiger partial charge in [-0.15, -0.1) is 0 Å². The molecule has 0 amide bonds. The minimum Gasteiger partial charge on any atom is -0.382 e. The fourth-order valence-electron chi connectivity index (χ4n) is 3.73. The SMILES string of the molecule is C[Si](C)(C)CCOCn1nccc1C#N.Cn1cc(C(O)c2cc(C#N)n(COCC[Si](C)(C)C)n2)c(I)n1.Cn1cc(C=O)c(I)n1. The van der Waals surface area contributed by atoms with E-state index in [-0.39, 0.29) is 6.73 Å². The number of hydrogen-bond donors (Lipinski definition) is 1. The molecule has 48 heavy (non-hydrogen) atoms. The highest BCUT2D eigenvalue weighted by Gasteiger charge is 2.21. The number of aldehydes is 1. The molecule has 0 aliphatic rings. The number of ether oxygens (including phenoxy) is 2. The van der Waals surface area contributed by atoms with E-state index in [0.717, 1.165) is 28.7 Å². The Morgan fingerprint density at radius 2 is 1.42 bits per heavy atom. The molecule has 0 aliphatic carbocycles. The Kier molecular flexibility index (Phi) is 16.8. The number of aromatic nitrogens is 8. The van der Waals surface area contributed by atoms with E-state index in [1.165, 1.54) is 4.68 Å². The lowest BCUT2D eigenvalue weighted by atomic mass is 10.1. The maximum Gasteiger partial charge on any atom is 0.154 e. The maximum atomic E-state index is 10.5. The van der Waals surface area contributed by atoms with Gasteiger partial charge in [-0.25, -0.2) is 9.36 Å². The van der Waals surface area contributed by atoms with Crippen LogP contribution in [-0.2, 0) is 37.0 Å². The molecular weight excluding hydrogens is 874 g/mol. The van der Waals surface area contributed by atoms with E-state index >= 15 is 0 Å². The lowest BCUT2D eigenvalue weighted by molar-refractivity contribution is 0.0768. The zero-order valence-corrected chi connectivity index (χ0v) is 35.0. The third-order valence-corrected chi connectivity index (χ3v) is 11.6. The molecule has 4 aromatic rings. The molecule has 0 aliphatic heterocycles. The van der Waals surface area contributed by atoms with Gasteiger partial charge in [-0.1, -0.05) is 39.3 Å². The van der Waals surface area contributed by atoms with Crippen LogP contribution in [0.4, 0.5) is 0 Å². The van der Waals surface area contributed by atoms with E-state index in [2.05, 4.69) is 94.4 Å². The molecule has 0 saturated heterocycles. The molecule has 0 aromatic carbocycles. The first-order valence-corrected chi connectivity index (χ1v) is 24.6. The van der Waals surface area contributed by atoms with Crippen LogP contribution in [0.3, 0.4) is 0 Å². The number of rotatable bonds is 13. The number of carbonyl (C=O) groups is 1. The molecule has 4 rings (SSSR count). The van der Waals surface area contributed by atoms with Gasteiger partial charge >= 0.3 is 0 Å². The van der Waals surface area contributed by atoms with Crippen LogP contribution in [0.25, 0.3) is 0 Å². The summed E-state index contributed by atoms with van der Waals surface area (Å²) in [5, 5.41) is 45.0. The van der Waals surface area contributed by atoms with Crippen LogP contribution in [0.1, 0.15) is 39.1 Å². The first-order chi connectivity index (χ1) is 22.5. The minimum atomic E-state index is -1.15. The summed E-state index contributed by atoms with van der Waals surface area (Å²) in [4.78, 5) is 10.2. The van der Waals surface area contributed by atoms with Crippen molar-refractivity contribution in [1.29, 1.82) is 10.5 Å². The van der Waals surface area contributed by atoms with Crippen molar-refractivity contribution >= 4 is 67.6 Å². The van der Waals surface area contributed by atoms with Crippen molar-refractivity contribution in [2.45, 2.75) is 70.9 Å². The van der Waals surface area contributed by atoms with Gasteiger partial charge in [-0.2, -0.15) is 30.9 Å². The smallest absolute Gasteiger partial charge is 0.154 e. The zero-order valence-electron chi connectivity index (χ0n) is 28.7. The van der Waals surface area contributed by atoms with E-state index in [9.17, 15) is 15.2 Å². The normalized spacial score (nSPS) is 11.9. The largest absolute Gasteiger partial charge is 0.382 e. The van der Waals surface area contributed by atoms with Crippen molar-refractivity contribution in [2.24, 2.45) is 14.1 Å². The molecule has 1 N–H and O–H groups in total. The monoisotopic (exact) mass is 918 g/mol. The van der Waals surface area contributed by atoms with E-state index < -0.39 is 22.3 Å². The molecule has 1 atom stereocenters. The number of halogens is 2. The van der Waals surface area contributed by atoms with Gasteiger partial charge in [-0.3, -0.25) is 14.2 Å². The summed E-state index contributed by atoms with van der Waals surface area (Å²) in [6.45, 7) is 15.8. The average molecular weight is 919 g/mol. The van der Waals surface area contributed by atoms with Gasteiger partial charge in [0.05, 0.1) is 17.5 Å². The fraction of sp³-hybridized carbons (Fsp3) is 0.500. The van der Waals surface area contributed by atoms with Gasteiger partial charge < -0.3 is 14.6 Å².